The van der Waals surface area contributed by atoms with Gasteiger partial charge in [-0.25, -0.2) is 0 Å². The van der Waals surface area contributed by atoms with Crippen LogP contribution in [0.2, 0.25) is 0 Å². The summed E-state index contributed by atoms with van der Waals surface area (Å²) in [6.07, 6.45) is 3.94. The molecule has 0 rings (SSSR count). The lowest BCUT2D eigenvalue weighted by molar-refractivity contribution is -0.104. The summed E-state index contributed by atoms with van der Waals surface area (Å²) in [5.74, 6) is 0. The summed E-state index contributed by atoms with van der Waals surface area (Å²) in [6.45, 7) is 6.96. The van der Waals surface area contributed by atoms with Crippen molar-refractivity contribution < 1.29 is 4.79 Å². The van der Waals surface area contributed by atoms with Gasteiger partial charge in [-0.2, -0.15) is 0 Å². The van der Waals surface area contributed by atoms with Crippen LogP contribution < -0.4 is 0 Å². The van der Waals surface area contributed by atoms with E-state index in [1.165, 1.54) is 0 Å². The van der Waals surface area contributed by atoms with Gasteiger partial charge in [0, 0.05) is 10.1 Å². The molecule has 0 atom stereocenters. The molecule has 0 spiro atoms. The Morgan fingerprint density at radius 1 is 1.33 bits per heavy atom. The summed E-state index contributed by atoms with van der Waals surface area (Å²) in [6, 6.07) is 0. The maximum atomic E-state index is 9.92. The van der Waals surface area contributed by atoms with Crippen LogP contribution in [-0.2, 0) is 4.79 Å². The Balaban J connectivity index is 3.85. The monoisotopic (exact) mass is 186 g/mol. The minimum atomic E-state index is 0.440. The van der Waals surface area contributed by atoms with Crippen LogP contribution in [-0.4, -0.2) is 6.29 Å². The highest BCUT2D eigenvalue weighted by atomic mass is 79.9. The molecular formula is C7H7BrO. The van der Waals surface area contributed by atoms with Gasteiger partial charge in [0.25, 0.3) is 0 Å². The van der Waals surface area contributed by atoms with Crippen LogP contribution in [0, 0.1) is 0 Å². The molecule has 0 aromatic heterocycles. The number of allylic oxidation sites excluding steroid dienone is 4. The van der Waals surface area contributed by atoms with Gasteiger partial charge < -0.3 is 0 Å². The summed E-state index contributed by atoms with van der Waals surface area (Å²) < 4.78 is 0.727. The molecule has 0 aliphatic rings. The highest BCUT2D eigenvalue weighted by Gasteiger charge is 1.80. The summed E-state index contributed by atoms with van der Waals surface area (Å²) in [5, 5.41) is 0. The van der Waals surface area contributed by atoms with Crippen molar-refractivity contribution in [1.29, 1.82) is 0 Å². The fourth-order valence-electron chi connectivity index (χ4n) is 0.237. The number of halogens is 1. The third-order valence-corrected chi connectivity index (χ3v) is 0.894. The van der Waals surface area contributed by atoms with E-state index < -0.39 is 0 Å². The number of carbonyl (C=O) groups is 1. The second kappa shape index (κ2) is 4.27. The van der Waals surface area contributed by atoms with Crippen molar-refractivity contribution in [1.82, 2.24) is 0 Å². The Morgan fingerprint density at radius 2 is 1.89 bits per heavy atom. The first-order valence-electron chi connectivity index (χ1n) is 2.33. The number of aldehydes is 1. The molecule has 0 aliphatic carbocycles. The minimum absolute atomic E-state index is 0.440. The molecule has 1 nitrogen and oxygen atoms in total. The van der Waals surface area contributed by atoms with Gasteiger partial charge in [-0.05, 0) is 6.08 Å². The van der Waals surface area contributed by atoms with Gasteiger partial charge in [0.05, 0.1) is 0 Å². The van der Waals surface area contributed by atoms with Crippen LogP contribution in [0.5, 0.6) is 0 Å². The third kappa shape index (κ3) is 5.24. The van der Waals surface area contributed by atoms with Gasteiger partial charge in [-0.1, -0.05) is 35.2 Å². The second-order valence-electron chi connectivity index (χ2n) is 1.47. The quantitative estimate of drug-likeness (QED) is 0.376. The second-order valence-corrected chi connectivity index (χ2v) is 2.49. The number of hydrogen-bond acceptors (Lipinski definition) is 1. The molecule has 2 heteroatoms. The maximum Gasteiger partial charge on any atom is 0.149 e. The molecule has 0 saturated carbocycles. The molecule has 0 aliphatic heterocycles. The van der Waals surface area contributed by atoms with E-state index in [9.17, 15) is 4.79 Å². The zero-order chi connectivity index (χ0) is 7.28. The molecule has 0 N–H and O–H groups in total. The topological polar surface area (TPSA) is 17.1 Å². The molecule has 0 heterocycles. The fraction of sp³-hybridized carbons (Fsp3) is 0. The largest absolute Gasteiger partial charge is 0.298 e. The zero-order valence-electron chi connectivity index (χ0n) is 4.93. The maximum absolute atomic E-state index is 9.92. The average Bonchev–Trinajstić information content (AvgIpc) is 1.83. The van der Waals surface area contributed by atoms with Crippen molar-refractivity contribution in [2.45, 2.75) is 0 Å². The SMILES string of the molecule is C=C(Br)/C=C\C(=C)C=O. The van der Waals surface area contributed by atoms with E-state index in [-0.39, 0.29) is 0 Å². The summed E-state index contributed by atoms with van der Waals surface area (Å²) in [7, 11) is 0. The van der Waals surface area contributed by atoms with Gasteiger partial charge in [0.2, 0.25) is 0 Å². The number of carbonyl (C=O) groups excluding carboxylic acids is 1. The molecule has 0 radical (unpaired) electrons. The van der Waals surface area contributed by atoms with Crippen LogP contribution >= 0.6 is 15.9 Å². The molecule has 0 saturated heterocycles. The van der Waals surface area contributed by atoms with Crippen LogP contribution in [0.15, 0.2) is 35.4 Å². The van der Waals surface area contributed by atoms with E-state index >= 15 is 0 Å². The van der Waals surface area contributed by atoms with Gasteiger partial charge in [0.1, 0.15) is 6.29 Å². The normalized spacial score (nSPS) is 9.44. The number of hydrogen-bond donors (Lipinski definition) is 0. The molecule has 0 bridgehead atoms. The first kappa shape index (κ1) is 8.37. The Morgan fingerprint density at radius 3 is 2.22 bits per heavy atom. The minimum Gasteiger partial charge on any atom is -0.298 e. The van der Waals surface area contributed by atoms with E-state index in [1.54, 1.807) is 12.2 Å². The molecule has 0 unspecified atom stereocenters. The zero-order valence-corrected chi connectivity index (χ0v) is 6.52. The molecule has 9 heavy (non-hydrogen) atoms. The molecular weight excluding hydrogens is 180 g/mol. The van der Waals surface area contributed by atoms with Gasteiger partial charge in [-0.3, -0.25) is 4.79 Å². The van der Waals surface area contributed by atoms with Crippen LogP contribution in [0.1, 0.15) is 0 Å². The molecule has 0 aromatic rings. The van der Waals surface area contributed by atoms with Crippen LogP contribution in [0.4, 0.5) is 0 Å². The molecule has 0 fully saturated rings. The Labute approximate surface area is 62.9 Å². The standard InChI is InChI=1S/C7H7BrO/c1-6(5-9)3-4-7(2)8/h3-5H,1-2H2/b4-3-. The average molecular weight is 187 g/mol. The predicted octanol–water partition coefficient (Wildman–Crippen LogP) is 2.21. The summed E-state index contributed by atoms with van der Waals surface area (Å²) >= 11 is 3.09. The lowest BCUT2D eigenvalue weighted by Gasteiger charge is -1.81. The smallest absolute Gasteiger partial charge is 0.149 e. The van der Waals surface area contributed by atoms with Crippen molar-refractivity contribution in [2.24, 2.45) is 0 Å². The van der Waals surface area contributed by atoms with E-state index in [0.29, 0.717) is 11.9 Å². The third-order valence-electron chi connectivity index (χ3n) is 0.630. The highest BCUT2D eigenvalue weighted by molar-refractivity contribution is 9.11. The first-order valence-corrected chi connectivity index (χ1v) is 3.12. The lowest BCUT2D eigenvalue weighted by Crippen LogP contribution is -1.72. The van der Waals surface area contributed by atoms with E-state index in [4.69, 9.17) is 0 Å². The summed E-state index contributed by atoms with van der Waals surface area (Å²) in [4.78, 5) is 9.92. The molecule has 0 aromatic carbocycles. The Hall–Kier alpha value is -0.630. The van der Waals surface area contributed by atoms with E-state index in [1.807, 2.05) is 0 Å². The van der Waals surface area contributed by atoms with Crippen molar-refractivity contribution in [3.63, 3.8) is 0 Å². The predicted molar refractivity (Wildman–Crippen MR) is 42.4 cm³/mol. The molecule has 48 valence electrons. The van der Waals surface area contributed by atoms with Crippen LogP contribution in [0.3, 0.4) is 0 Å². The van der Waals surface area contributed by atoms with Gasteiger partial charge in [0.15, 0.2) is 0 Å². The summed E-state index contributed by atoms with van der Waals surface area (Å²) in [5.41, 5.74) is 0.440. The van der Waals surface area contributed by atoms with Crippen LogP contribution in [0.25, 0.3) is 0 Å². The first-order chi connectivity index (χ1) is 4.16. The highest BCUT2D eigenvalue weighted by Crippen LogP contribution is 2.02. The lowest BCUT2D eigenvalue weighted by atomic mass is 10.3. The number of rotatable bonds is 3. The van der Waals surface area contributed by atoms with Crippen molar-refractivity contribution in [2.75, 3.05) is 0 Å². The van der Waals surface area contributed by atoms with Gasteiger partial charge >= 0.3 is 0 Å². The fourth-order valence-corrected chi connectivity index (χ4v) is 0.369. The van der Waals surface area contributed by atoms with Crippen molar-refractivity contribution >= 4 is 22.2 Å². The van der Waals surface area contributed by atoms with Crippen molar-refractivity contribution in [3.8, 4) is 0 Å². The Kier molecular flexibility index (Phi) is 3.97. The molecule has 0 amide bonds. The Bertz CT molecular complexity index is 168. The van der Waals surface area contributed by atoms with E-state index in [0.717, 1.165) is 4.48 Å². The van der Waals surface area contributed by atoms with E-state index in [2.05, 4.69) is 29.1 Å². The van der Waals surface area contributed by atoms with Crippen molar-refractivity contribution in [3.05, 3.63) is 35.4 Å². The van der Waals surface area contributed by atoms with Gasteiger partial charge in [-0.15, -0.1) is 0 Å².